The van der Waals surface area contributed by atoms with Crippen molar-refractivity contribution in [2.75, 3.05) is 19.8 Å². The molecule has 0 aliphatic rings. The van der Waals surface area contributed by atoms with E-state index in [0.717, 1.165) is 0 Å². The summed E-state index contributed by atoms with van der Waals surface area (Å²) in [5.41, 5.74) is 0. The number of nitrogens with zero attached hydrogens (tertiary/aromatic N) is 1. The van der Waals surface area contributed by atoms with Crippen LogP contribution < -0.4 is 0 Å². The van der Waals surface area contributed by atoms with Crippen LogP contribution in [0.1, 0.15) is 26.2 Å². The highest BCUT2D eigenvalue weighted by atomic mass is 32.2. The van der Waals surface area contributed by atoms with E-state index in [1.807, 2.05) is 0 Å². The lowest BCUT2D eigenvalue weighted by Gasteiger charge is -2.11. The monoisotopic (exact) mass is 249 g/mol. The first-order chi connectivity index (χ1) is 7.40. The van der Waals surface area contributed by atoms with Crippen LogP contribution in [0.3, 0.4) is 0 Å². The SMILES string of the molecule is CCC(C(=O)O)S(=O)CCCC(=O)N(C)C. The Labute approximate surface area is 98.3 Å². The van der Waals surface area contributed by atoms with Crippen molar-refractivity contribution >= 4 is 22.7 Å². The molecule has 0 aliphatic heterocycles. The van der Waals surface area contributed by atoms with Crippen molar-refractivity contribution in [3.63, 3.8) is 0 Å². The van der Waals surface area contributed by atoms with E-state index in [4.69, 9.17) is 5.11 Å². The minimum Gasteiger partial charge on any atom is -0.480 e. The number of amides is 1. The fourth-order valence-corrected chi connectivity index (χ4v) is 2.51. The maximum absolute atomic E-state index is 11.6. The highest BCUT2D eigenvalue weighted by Gasteiger charge is 2.22. The Bertz CT molecular complexity index is 278. The molecule has 5 nitrogen and oxygen atoms in total. The minimum absolute atomic E-state index is 0.0274. The quantitative estimate of drug-likeness (QED) is 0.711. The normalized spacial score (nSPS) is 14.2. The lowest BCUT2D eigenvalue weighted by atomic mass is 10.3. The van der Waals surface area contributed by atoms with Crippen molar-refractivity contribution in [1.29, 1.82) is 0 Å². The summed E-state index contributed by atoms with van der Waals surface area (Å²) in [6, 6.07) is 0. The molecule has 0 heterocycles. The molecule has 0 spiro atoms. The number of hydrogen-bond donors (Lipinski definition) is 1. The molecular formula is C10H19NO4S. The Morgan fingerprint density at radius 1 is 1.38 bits per heavy atom. The molecule has 0 fully saturated rings. The summed E-state index contributed by atoms with van der Waals surface area (Å²) in [7, 11) is 1.93. The molecule has 6 heteroatoms. The zero-order valence-electron chi connectivity index (χ0n) is 9.93. The van der Waals surface area contributed by atoms with Crippen molar-refractivity contribution in [2.24, 2.45) is 0 Å². The molecule has 0 saturated heterocycles. The summed E-state index contributed by atoms with van der Waals surface area (Å²) in [5, 5.41) is 7.96. The Kier molecular flexibility index (Phi) is 6.96. The number of rotatable bonds is 7. The van der Waals surface area contributed by atoms with Crippen LogP contribution in [0.15, 0.2) is 0 Å². The molecule has 0 aromatic carbocycles. The summed E-state index contributed by atoms with van der Waals surface area (Å²) >= 11 is 0. The lowest BCUT2D eigenvalue weighted by Crippen LogP contribution is -2.27. The first-order valence-corrected chi connectivity index (χ1v) is 6.58. The van der Waals surface area contributed by atoms with Crippen molar-refractivity contribution in [3.05, 3.63) is 0 Å². The van der Waals surface area contributed by atoms with Gasteiger partial charge in [-0.1, -0.05) is 6.92 Å². The third-order valence-corrected chi connectivity index (χ3v) is 4.06. The fourth-order valence-electron chi connectivity index (χ4n) is 1.20. The van der Waals surface area contributed by atoms with Crippen LogP contribution in [-0.2, 0) is 20.4 Å². The second-order valence-corrected chi connectivity index (χ2v) is 5.45. The largest absolute Gasteiger partial charge is 0.480 e. The summed E-state index contributed by atoms with van der Waals surface area (Å²) in [5.74, 6) is -0.787. The molecule has 0 saturated carbocycles. The van der Waals surface area contributed by atoms with Crippen LogP contribution in [0.5, 0.6) is 0 Å². The Hall–Kier alpha value is -0.910. The van der Waals surface area contributed by atoms with Crippen molar-refractivity contribution < 1.29 is 18.9 Å². The van der Waals surface area contributed by atoms with Gasteiger partial charge < -0.3 is 10.0 Å². The molecule has 0 bridgehead atoms. The molecule has 0 aromatic rings. The van der Waals surface area contributed by atoms with E-state index in [2.05, 4.69) is 0 Å². The van der Waals surface area contributed by atoms with E-state index in [1.54, 1.807) is 21.0 Å². The van der Waals surface area contributed by atoms with E-state index >= 15 is 0 Å². The molecule has 2 atom stereocenters. The summed E-state index contributed by atoms with van der Waals surface area (Å²) in [6.07, 6.45) is 1.13. The second kappa shape index (κ2) is 7.38. The van der Waals surface area contributed by atoms with Gasteiger partial charge in [-0.05, 0) is 12.8 Å². The lowest BCUT2D eigenvalue weighted by molar-refractivity contribution is -0.136. The van der Waals surface area contributed by atoms with E-state index < -0.39 is 22.0 Å². The molecule has 1 amide bonds. The van der Waals surface area contributed by atoms with Crippen LogP contribution in [0.2, 0.25) is 0 Å². The standard InChI is InChI=1S/C10H19NO4S/c1-4-8(10(13)14)16(15)7-5-6-9(12)11(2)3/h8H,4-7H2,1-3H3,(H,13,14). The molecule has 0 aliphatic carbocycles. The molecule has 94 valence electrons. The molecule has 1 N–H and O–H groups in total. The smallest absolute Gasteiger partial charge is 0.319 e. The number of hydrogen-bond acceptors (Lipinski definition) is 3. The Morgan fingerprint density at radius 3 is 2.31 bits per heavy atom. The predicted octanol–water partition coefficient (Wildman–Crippen LogP) is 0.467. The van der Waals surface area contributed by atoms with Crippen molar-refractivity contribution in [3.8, 4) is 0 Å². The zero-order valence-corrected chi connectivity index (χ0v) is 10.7. The summed E-state index contributed by atoms with van der Waals surface area (Å²) in [6.45, 7) is 1.70. The maximum atomic E-state index is 11.6. The molecular weight excluding hydrogens is 230 g/mol. The van der Waals surface area contributed by atoms with Gasteiger partial charge in [0.1, 0.15) is 5.25 Å². The Balaban J connectivity index is 3.98. The number of carbonyl (C=O) groups excluding carboxylic acids is 1. The first-order valence-electron chi connectivity index (χ1n) is 5.20. The van der Waals surface area contributed by atoms with Crippen LogP contribution in [0.25, 0.3) is 0 Å². The molecule has 0 rings (SSSR count). The third kappa shape index (κ3) is 5.25. The van der Waals surface area contributed by atoms with Crippen LogP contribution >= 0.6 is 0 Å². The zero-order chi connectivity index (χ0) is 12.7. The van der Waals surface area contributed by atoms with Crippen molar-refractivity contribution in [1.82, 2.24) is 4.90 Å². The number of carboxylic acids is 1. The van der Waals surface area contributed by atoms with Gasteiger partial charge >= 0.3 is 5.97 Å². The summed E-state index contributed by atoms with van der Waals surface area (Å²) < 4.78 is 11.6. The second-order valence-electron chi connectivity index (χ2n) is 3.71. The van der Waals surface area contributed by atoms with Gasteiger partial charge in [-0.2, -0.15) is 0 Å². The molecule has 0 aromatic heterocycles. The van der Waals surface area contributed by atoms with Gasteiger partial charge in [0.05, 0.1) is 0 Å². The third-order valence-electron chi connectivity index (χ3n) is 2.20. The topological polar surface area (TPSA) is 74.7 Å². The highest BCUT2D eigenvalue weighted by molar-refractivity contribution is 7.86. The average Bonchev–Trinajstić information content (AvgIpc) is 2.17. The van der Waals surface area contributed by atoms with Crippen LogP contribution in [-0.4, -0.2) is 51.2 Å². The first kappa shape index (κ1) is 15.1. The van der Waals surface area contributed by atoms with Gasteiger partial charge in [0, 0.05) is 37.1 Å². The van der Waals surface area contributed by atoms with E-state index in [-0.39, 0.29) is 11.7 Å². The number of carboxylic acid groups (broad SMARTS) is 1. The minimum atomic E-state index is -1.39. The fraction of sp³-hybridized carbons (Fsp3) is 0.800. The maximum Gasteiger partial charge on any atom is 0.319 e. The predicted molar refractivity (Wildman–Crippen MR) is 62.7 cm³/mol. The van der Waals surface area contributed by atoms with Gasteiger partial charge in [-0.15, -0.1) is 0 Å². The van der Waals surface area contributed by atoms with Crippen LogP contribution in [0, 0.1) is 0 Å². The van der Waals surface area contributed by atoms with E-state index in [0.29, 0.717) is 19.3 Å². The Morgan fingerprint density at radius 2 is 1.94 bits per heavy atom. The molecule has 16 heavy (non-hydrogen) atoms. The summed E-state index contributed by atoms with van der Waals surface area (Å²) in [4.78, 5) is 23.4. The average molecular weight is 249 g/mol. The van der Waals surface area contributed by atoms with Crippen molar-refractivity contribution in [2.45, 2.75) is 31.4 Å². The van der Waals surface area contributed by atoms with Gasteiger partial charge in [-0.25, -0.2) is 0 Å². The molecule has 0 radical (unpaired) electrons. The van der Waals surface area contributed by atoms with Crippen LogP contribution in [0.4, 0.5) is 0 Å². The van der Waals surface area contributed by atoms with E-state index in [9.17, 15) is 13.8 Å². The molecule has 2 unspecified atom stereocenters. The highest BCUT2D eigenvalue weighted by Crippen LogP contribution is 2.06. The van der Waals surface area contributed by atoms with Gasteiger partial charge in [0.15, 0.2) is 0 Å². The number of aliphatic carboxylic acids is 1. The van der Waals surface area contributed by atoms with Gasteiger partial charge in [-0.3, -0.25) is 13.8 Å². The van der Waals surface area contributed by atoms with Gasteiger partial charge in [0.2, 0.25) is 5.91 Å². The number of carbonyl (C=O) groups is 2. The van der Waals surface area contributed by atoms with Gasteiger partial charge in [0.25, 0.3) is 0 Å². The van der Waals surface area contributed by atoms with E-state index in [1.165, 1.54) is 4.90 Å².